The Labute approximate surface area is 145 Å². The van der Waals surface area contributed by atoms with Gasteiger partial charge < -0.3 is 14.2 Å². The van der Waals surface area contributed by atoms with Gasteiger partial charge in [-0.1, -0.05) is 30.3 Å². The summed E-state index contributed by atoms with van der Waals surface area (Å²) in [4.78, 5) is 14.6. The minimum Gasteiger partial charge on any atom is -0.370 e. The smallest absolute Gasteiger partial charge is 0.242 e. The van der Waals surface area contributed by atoms with Gasteiger partial charge in [0.2, 0.25) is 5.91 Å². The maximum Gasteiger partial charge on any atom is 0.242 e. The molecule has 0 aliphatic carbocycles. The Morgan fingerprint density at radius 3 is 2.84 bits per heavy atom. The van der Waals surface area contributed by atoms with E-state index in [4.69, 9.17) is 4.74 Å². The number of aromatic nitrogens is 1. The lowest BCUT2D eigenvalue weighted by atomic mass is 10.1. The summed E-state index contributed by atoms with van der Waals surface area (Å²) < 4.78 is 21.1. The summed E-state index contributed by atoms with van der Waals surface area (Å²) in [5.41, 5.74) is 1.81. The van der Waals surface area contributed by atoms with Crippen molar-refractivity contribution in [3.05, 3.63) is 72.2 Å². The molecule has 1 atom stereocenters. The van der Waals surface area contributed by atoms with Crippen molar-refractivity contribution in [1.29, 1.82) is 0 Å². The standard InChI is InChI=1S/C20H19FN2O2/c21-17-7-6-15-8-9-22(18(15)12-17)14-20(24)23-10-11-25-19(13-23)16-4-2-1-3-5-16/h1-9,12,19H,10-11,13-14H2/t19-/m0/s1. The van der Waals surface area contributed by atoms with E-state index in [1.165, 1.54) is 12.1 Å². The average molecular weight is 338 g/mol. The predicted octanol–water partition coefficient (Wildman–Crippen LogP) is 3.38. The van der Waals surface area contributed by atoms with Crippen LogP contribution in [0.3, 0.4) is 0 Å². The molecule has 0 radical (unpaired) electrons. The van der Waals surface area contributed by atoms with Gasteiger partial charge in [-0.15, -0.1) is 0 Å². The molecule has 5 heteroatoms. The lowest BCUT2D eigenvalue weighted by molar-refractivity contribution is -0.139. The van der Waals surface area contributed by atoms with Gasteiger partial charge in [0, 0.05) is 12.7 Å². The van der Waals surface area contributed by atoms with Crippen molar-refractivity contribution >= 4 is 16.8 Å². The number of benzene rings is 2. The van der Waals surface area contributed by atoms with Crippen LogP contribution in [0, 0.1) is 5.82 Å². The zero-order valence-corrected chi connectivity index (χ0v) is 13.8. The van der Waals surface area contributed by atoms with Crippen LogP contribution in [0.15, 0.2) is 60.8 Å². The molecule has 2 heterocycles. The Bertz CT molecular complexity index is 891. The van der Waals surface area contributed by atoms with Crippen molar-refractivity contribution in [3.8, 4) is 0 Å². The van der Waals surface area contributed by atoms with E-state index in [2.05, 4.69) is 0 Å². The number of hydrogen-bond donors (Lipinski definition) is 0. The normalized spacial score (nSPS) is 17.8. The van der Waals surface area contributed by atoms with Gasteiger partial charge in [0.25, 0.3) is 0 Å². The van der Waals surface area contributed by atoms with Gasteiger partial charge in [-0.2, -0.15) is 0 Å². The van der Waals surface area contributed by atoms with E-state index in [-0.39, 0.29) is 24.4 Å². The summed E-state index contributed by atoms with van der Waals surface area (Å²) in [5.74, 6) is -0.276. The molecule has 4 rings (SSSR count). The summed E-state index contributed by atoms with van der Waals surface area (Å²) in [6, 6.07) is 16.5. The topological polar surface area (TPSA) is 34.5 Å². The number of rotatable bonds is 3. The number of morpholine rings is 1. The largest absolute Gasteiger partial charge is 0.370 e. The minimum atomic E-state index is -0.296. The molecule has 1 fully saturated rings. The summed E-state index contributed by atoms with van der Waals surface area (Å²) in [7, 11) is 0. The summed E-state index contributed by atoms with van der Waals surface area (Å²) in [6.45, 7) is 1.84. The third-order valence-electron chi connectivity index (χ3n) is 4.63. The molecule has 3 aromatic rings. The minimum absolute atomic E-state index is 0.0194. The van der Waals surface area contributed by atoms with Crippen LogP contribution in [-0.4, -0.2) is 35.1 Å². The fourth-order valence-electron chi connectivity index (χ4n) is 3.29. The van der Waals surface area contributed by atoms with E-state index in [1.807, 2.05) is 47.5 Å². The van der Waals surface area contributed by atoms with E-state index in [9.17, 15) is 9.18 Å². The third kappa shape index (κ3) is 3.28. The van der Waals surface area contributed by atoms with Crippen LogP contribution >= 0.6 is 0 Å². The van der Waals surface area contributed by atoms with Crippen molar-refractivity contribution in [1.82, 2.24) is 9.47 Å². The van der Waals surface area contributed by atoms with Crippen molar-refractivity contribution in [2.24, 2.45) is 0 Å². The average Bonchev–Trinajstić information content (AvgIpc) is 3.04. The molecule has 1 aliphatic rings. The number of carbonyl (C=O) groups is 1. The first-order chi connectivity index (χ1) is 12.2. The number of fused-ring (bicyclic) bond motifs is 1. The zero-order valence-electron chi connectivity index (χ0n) is 13.8. The van der Waals surface area contributed by atoms with E-state index in [1.54, 1.807) is 10.6 Å². The zero-order chi connectivity index (χ0) is 17.2. The molecule has 4 nitrogen and oxygen atoms in total. The fraction of sp³-hybridized carbons (Fsp3) is 0.250. The summed E-state index contributed by atoms with van der Waals surface area (Å²) in [6.07, 6.45) is 1.73. The van der Waals surface area contributed by atoms with Gasteiger partial charge in [0.1, 0.15) is 18.5 Å². The Morgan fingerprint density at radius 2 is 2.00 bits per heavy atom. The molecule has 1 aromatic heterocycles. The first kappa shape index (κ1) is 15.8. The summed E-state index contributed by atoms with van der Waals surface area (Å²) >= 11 is 0. The SMILES string of the molecule is O=C(Cn1ccc2ccc(F)cc21)N1CCO[C@H](c2ccccc2)C1. The molecule has 0 N–H and O–H groups in total. The van der Waals surface area contributed by atoms with Gasteiger partial charge in [-0.25, -0.2) is 4.39 Å². The van der Waals surface area contributed by atoms with Gasteiger partial charge in [-0.05, 0) is 35.2 Å². The number of ether oxygens (including phenoxy) is 1. The summed E-state index contributed by atoms with van der Waals surface area (Å²) in [5, 5.41) is 0.929. The number of carbonyl (C=O) groups excluding carboxylic acids is 1. The van der Waals surface area contributed by atoms with Gasteiger partial charge in [0.05, 0.1) is 18.7 Å². The lowest BCUT2D eigenvalue weighted by Crippen LogP contribution is -2.43. The molecule has 1 saturated heterocycles. The quantitative estimate of drug-likeness (QED) is 0.734. The molecule has 25 heavy (non-hydrogen) atoms. The molecular formula is C20H19FN2O2. The molecule has 1 amide bonds. The molecule has 1 aliphatic heterocycles. The van der Waals surface area contributed by atoms with Gasteiger partial charge >= 0.3 is 0 Å². The Balaban J connectivity index is 1.49. The Kier molecular flexibility index (Phi) is 4.24. The van der Waals surface area contributed by atoms with Crippen LogP contribution in [0.1, 0.15) is 11.7 Å². The predicted molar refractivity (Wildman–Crippen MR) is 93.6 cm³/mol. The van der Waals surface area contributed by atoms with Crippen LogP contribution in [-0.2, 0) is 16.1 Å². The second kappa shape index (κ2) is 6.69. The first-order valence-corrected chi connectivity index (χ1v) is 8.39. The van der Waals surface area contributed by atoms with E-state index < -0.39 is 0 Å². The van der Waals surface area contributed by atoms with E-state index >= 15 is 0 Å². The second-order valence-corrected chi connectivity index (χ2v) is 6.26. The third-order valence-corrected chi connectivity index (χ3v) is 4.63. The van der Waals surface area contributed by atoms with Crippen molar-refractivity contribution in [3.63, 3.8) is 0 Å². The molecule has 0 saturated carbocycles. The number of hydrogen-bond acceptors (Lipinski definition) is 2. The highest BCUT2D eigenvalue weighted by atomic mass is 19.1. The number of halogens is 1. The lowest BCUT2D eigenvalue weighted by Gasteiger charge is -2.33. The maximum absolute atomic E-state index is 13.5. The monoisotopic (exact) mass is 338 g/mol. The van der Waals surface area contributed by atoms with Crippen molar-refractivity contribution in [2.45, 2.75) is 12.6 Å². The molecule has 0 unspecified atom stereocenters. The van der Waals surface area contributed by atoms with Crippen LogP contribution in [0.2, 0.25) is 0 Å². The van der Waals surface area contributed by atoms with E-state index in [0.717, 1.165) is 16.5 Å². The van der Waals surface area contributed by atoms with Crippen LogP contribution in [0.5, 0.6) is 0 Å². The van der Waals surface area contributed by atoms with Crippen molar-refractivity contribution in [2.75, 3.05) is 19.7 Å². The Morgan fingerprint density at radius 1 is 1.16 bits per heavy atom. The van der Waals surface area contributed by atoms with Crippen LogP contribution in [0.4, 0.5) is 4.39 Å². The van der Waals surface area contributed by atoms with Crippen molar-refractivity contribution < 1.29 is 13.9 Å². The maximum atomic E-state index is 13.5. The first-order valence-electron chi connectivity index (χ1n) is 8.39. The Hall–Kier alpha value is -2.66. The highest BCUT2D eigenvalue weighted by Gasteiger charge is 2.25. The van der Waals surface area contributed by atoms with Gasteiger partial charge in [-0.3, -0.25) is 4.79 Å². The van der Waals surface area contributed by atoms with E-state index in [0.29, 0.717) is 19.7 Å². The molecule has 0 bridgehead atoms. The van der Waals surface area contributed by atoms with Gasteiger partial charge in [0.15, 0.2) is 0 Å². The van der Waals surface area contributed by atoms with Crippen LogP contribution in [0.25, 0.3) is 10.9 Å². The molecule has 0 spiro atoms. The number of nitrogens with zero attached hydrogens (tertiary/aromatic N) is 2. The second-order valence-electron chi connectivity index (χ2n) is 6.26. The highest BCUT2D eigenvalue weighted by Crippen LogP contribution is 2.23. The highest BCUT2D eigenvalue weighted by molar-refractivity contribution is 5.83. The number of amides is 1. The van der Waals surface area contributed by atoms with Crippen LogP contribution < -0.4 is 0 Å². The fourth-order valence-corrected chi connectivity index (χ4v) is 3.29. The molecular weight excluding hydrogens is 319 g/mol. The molecule has 128 valence electrons. The molecule has 2 aromatic carbocycles.